The first kappa shape index (κ1) is 17.8. The quantitative estimate of drug-likeness (QED) is 0.567. The Morgan fingerprint density at radius 1 is 1.15 bits per heavy atom. The van der Waals surface area contributed by atoms with Gasteiger partial charge in [0.05, 0.1) is 32.0 Å². The molecule has 140 valence electrons. The van der Waals surface area contributed by atoms with Crippen LogP contribution >= 0.6 is 15.9 Å². The molecule has 1 aliphatic rings. The monoisotopic (exact) mass is 431 g/mol. The molecular weight excluding hydrogens is 414 g/mol. The van der Waals surface area contributed by atoms with Gasteiger partial charge in [0.1, 0.15) is 30.6 Å². The summed E-state index contributed by atoms with van der Waals surface area (Å²) < 4.78 is 22.7. The van der Waals surface area contributed by atoms with Gasteiger partial charge in [-0.1, -0.05) is 0 Å². The van der Waals surface area contributed by atoms with Gasteiger partial charge in [0.25, 0.3) is 0 Å². The highest BCUT2D eigenvalue weighted by atomic mass is 79.9. The average molecular weight is 432 g/mol. The molecule has 0 unspecified atom stereocenters. The fraction of sp³-hybridized carbons (Fsp3) is 0.263. The fourth-order valence-corrected chi connectivity index (χ4v) is 2.98. The Balaban J connectivity index is 1.70. The molecular formula is C19H18BrN3O4. The third-order valence-corrected chi connectivity index (χ3v) is 4.87. The zero-order valence-electron chi connectivity index (χ0n) is 14.9. The third kappa shape index (κ3) is 3.91. The SMILES string of the molecule is COc1ccc(Br)c(Nc2ncnc3cc(OC[C@H]4CO4)c(OC)cc23)c1. The van der Waals surface area contributed by atoms with Crippen molar-refractivity contribution >= 4 is 38.3 Å². The second kappa shape index (κ2) is 7.58. The molecule has 0 spiro atoms. The molecule has 0 amide bonds. The van der Waals surface area contributed by atoms with Crippen molar-refractivity contribution in [1.29, 1.82) is 0 Å². The molecule has 0 aliphatic carbocycles. The predicted molar refractivity (Wildman–Crippen MR) is 105 cm³/mol. The number of methoxy groups -OCH3 is 2. The van der Waals surface area contributed by atoms with Crippen molar-refractivity contribution in [3.8, 4) is 17.2 Å². The number of rotatable bonds is 7. The lowest BCUT2D eigenvalue weighted by Crippen LogP contribution is -2.05. The van der Waals surface area contributed by atoms with Gasteiger partial charge in [-0.2, -0.15) is 0 Å². The lowest BCUT2D eigenvalue weighted by molar-refractivity contribution is 0.252. The number of halogens is 1. The molecule has 0 saturated carbocycles. The van der Waals surface area contributed by atoms with Crippen LogP contribution in [0.25, 0.3) is 10.9 Å². The maximum absolute atomic E-state index is 5.81. The number of benzene rings is 2. The first-order chi connectivity index (χ1) is 13.2. The minimum atomic E-state index is 0.165. The summed E-state index contributed by atoms with van der Waals surface area (Å²) in [6.07, 6.45) is 1.68. The van der Waals surface area contributed by atoms with Crippen molar-refractivity contribution in [3.05, 3.63) is 41.1 Å². The van der Waals surface area contributed by atoms with Gasteiger partial charge in [-0.3, -0.25) is 0 Å². The van der Waals surface area contributed by atoms with E-state index in [1.54, 1.807) is 14.2 Å². The van der Waals surface area contributed by atoms with Gasteiger partial charge in [-0.15, -0.1) is 0 Å². The van der Waals surface area contributed by atoms with E-state index in [2.05, 4.69) is 31.2 Å². The summed E-state index contributed by atoms with van der Waals surface area (Å²) >= 11 is 3.54. The molecule has 8 heteroatoms. The van der Waals surface area contributed by atoms with Crippen LogP contribution in [0.5, 0.6) is 17.2 Å². The van der Waals surface area contributed by atoms with Crippen LogP contribution in [-0.4, -0.2) is 43.5 Å². The normalized spacial score (nSPS) is 15.4. The van der Waals surface area contributed by atoms with Gasteiger partial charge in [0.2, 0.25) is 0 Å². The highest BCUT2D eigenvalue weighted by Gasteiger charge is 2.24. The van der Waals surface area contributed by atoms with Gasteiger partial charge < -0.3 is 24.3 Å². The highest BCUT2D eigenvalue weighted by molar-refractivity contribution is 9.10. The summed E-state index contributed by atoms with van der Waals surface area (Å²) in [5.41, 5.74) is 1.58. The van der Waals surface area contributed by atoms with Crippen molar-refractivity contribution in [1.82, 2.24) is 9.97 Å². The Morgan fingerprint density at radius 3 is 2.74 bits per heavy atom. The Labute approximate surface area is 164 Å². The molecule has 3 aromatic rings. The van der Waals surface area contributed by atoms with Gasteiger partial charge in [-0.05, 0) is 34.1 Å². The number of nitrogens with one attached hydrogen (secondary N) is 1. The average Bonchev–Trinajstić information content (AvgIpc) is 3.52. The molecule has 2 heterocycles. The van der Waals surface area contributed by atoms with Gasteiger partial charge in [0.15, 0.2) is 11.5 Å². The molecule has 1 fully saturated rings. The number of nitrogens with zero attached hydrogens (tertiary/aromatic N) is 2. The molecule has 1 saturated heterocycles. The van der Waals surface area contributed by atoms with Crippen molar-refractivity contribution in [2.24, 2.45) is 0 Å². The summed E-state index contributed by atoms with van der Waals surface area (Å²) in [5.74, 6) is 2.65. The summed E-state index contributed by atoms with van der Waals surface area (Å²) in [6.45, 7) is 1.23. The van der Waals surface area contributed by atoms with Crippen LogP contribution in [0.15, 0.2) is 41.1 Å². The predicted octanol–water partition coefficient (Wildman–Crippen LogP) is 3.93. The Bertz CT molecular complexity index is 979. The first-order valence-corrected chi connectivity index (χ1v) is 9.15. The maximum atomic E-state index is 5.81. The van der Waals surface area contributed by atoms with Crippen LogP contribution in [0.4, 0.5) is 11.5 Å². The lowest BCUT2D eigenvalue weighted by Gasteiger charge is -2.14. The van der Waals surface area contributed by atoms with E-state index in [1.165, 1.54) is 6.33 Å². The topological polar surface area (TPSA) is 78.0 Å². The minimum absolute atomic E-state index is 0.165. The van der Waals surface area contributed by atoms with Crippen molar-refractivity contribution in [2.45, 2.75) is 6.10 Å². The number of epoxide rings is 1. The largest absolute Gasteiger partial charge is 0.497 e. The zero-order valence-corrected chi connectivity index (χ0v) is 16.4. The van der Waals surface area contributed by atoms with E-state index < -0.39 is 0 Å². The van der Waals surface area contributed by atoms with Crippen LogP contribution in [0.2, 0.25) is 0 Å². The second-order valence-corrected chi connectivity index (χ2v) is 6.83. The molecule has 2 aromatic carbocycles. The van der Waals surface area contributed by atoms with E-state index in [4.69, 9.17) is 18.9 Å². The highest BCUT2D eigenvalue weighted by Crippen LogP contribution is 2.36. The zero-order chi connectivity index (χ0) is 18.8. The van der Waals surface area contributed by atoms with Crippen LogP contribution in [0, 0.1) is 0 Å². The number of hydrogen-bond acceptors (Lipinski definition) is 7. The maximum Gasteiger partial charge on any atom is 0.163 e. The standard InChI is InChI=1S/C19H18BrN3O4/c1-24-11-3-4-14(20)16(5-11)23-19-13-6-17(25-2)18(27-9-12-8-26-12)7-15(13)21-10-22-19/h3-7,10,12H,8-9H2,1-2H3,(H,21,22,23)/t12-/m1/s1. The molecule has 4 rings (SSSR count). The van der Waals surface area contributed by atoms with Gasteiger partial charge >= 0.3 is 0 Å². The molecule has 27 heavy (non-hydrogen) atoms. The lowest BCUT2D eigenvalue weighted by atomic mass is 10.2. The van der Waals surface area contributed by atoms with E-state index in [9.17, 15) is 0 Å². The molecule has 0 bridgehead atoms. The number of aromatic nitrogens is 2. The van der Waals surface area contributed by atoms with E-state index in [1.807, 2.05) is 30.3 Å². The van der Waals surface area contributed by atoms with E-state index in [0.29, 0.717) is 23.9 Å². The summed E-state index contributed by atoms with van der Waals surface area (Å²) in [6, 6.07) is 9.40. The molecule has 1 aromatic heterocycles. The fourth-order valence-electron chi connectivity index (χ4n) is 2.64. The molecule has 7 nitrogen and oxygen atoms in total. The smallest absolute Gasteiger partial charge is 0.163 e. The number of ether oxygens (including phenoxy) is 4. The number of fused-ring (bicyclic) bond motifs is 1. The summed E-state index contributed by atoms with van der Waals surface area (Å²) in [4.78, 5) is 8.75. The minimum Gasteiger partial charge on any atom is -0.497 e. The van der Waals surface area contributed by atoms with Crippen molar-refractivity contribution in [2.75, 3.05) is 32.8 Å². The first-order valence-electron chi connectivity index (χ1n) is 8.35. The van der Waals surface area contributed by atoms with Crippen LogP contribution < -0.4 is 19.5 Å². The molecule has 0 radical (unpaired) electrons. The van der Waals surface area contributed by atoms with Crippen LogP contribution in [0.1, 0.15) is 0 Å². The van der Waals surface area contributed by atoms with Gasteiger partial charge in [-0.25, -0.2) is 9.97 Å². The second-order valence-electron chi connectivity index (χ2n) is 5.98. The summed E-state index contributed by atoms with van der Waals surface area (Å²) in [7, 11) is 3.24. The number of anilines is 2. The molecule has 1 N–H and O–H groups in total. The van der Waals surface area contributed by atoms with Crippen molar-refractivity contribution in [3.63, 3.8) is 0 Å². The third-order valence-electron chi connectivity index (χ3n) is 4.17. The molecule has 1 aliphatic heterocycles. The van der Waals surface area contributed by atoms with Crippen molar-refractivity contribution < 1.29 is 18.9 Å². The Kier molecular flexibility index (Phi) is 5.00. The van der Waals surface area contributed by atoms with Gasteiger partial charge in [0, 0.05) is 22.0 Å². The van der Waals surface area contributed by atoms with E-state index in [0.717, 1.165) is 33.4 Å². The number of hydrogen-bond donors (Lipinski definition) is 1. The Hall–Kier alpha value is -2.58. The van der Waals surface area contributed by atoms with Crippen LogP contribution in [0.3, 0.4) is 0 Å². The molecule has 1 atom stereocenters. The van der Waals surface area contributed by atoms with Crippen LogP contribution in [-0.2, 0) is 4.74 Å². The Morgan fingerprint density at radius 2 is 2.00 bits per heavy atom. The van der Waals surface area contributed by atoms with E-state index >= 15 is 0 Å². The van der Waals surface area contributed by atoms with E-state index in [-0.39, 0.29) is 6.10 Å². The summed E-state index contributed by atoms with van der Waals surface area (Å²) in [5, 5.41) is 4.15.